The molecule has 1 nitrogen and oxygen atoms in total. The van der Waals surface area contributed by atoms with Gasteiger partial charge >= 0.3 is 0 Å². The number of hydrogen-bond donors (Lipinski definition) is 1. The van der Waals surface area contributed by atoms with Crippen molar-refractivity contribution >= 4 is 0 Å². The molecule has 3 aliphatic rings. The van der Waals surface area contributed by atoms with Crippen molar-refractivity contribution in [3.05, 3.63) is 0 Å². The molecule has 1 heteroatoms. The van der Waals surface area contributed by atoms with Crippen LogP contribution in [0.5, 0.6) is 0 Å². The quantitative estimate of drug-likeness (QED) is 0.705. The van der Waals surface area contributed by atoms with Gasteiger partial charge in [-0.3, -0.25) is 0 Å². The molecule has 0 spiro atoms. The highest BCUT2D eigenvalue weighted by Gasteiger charge is 2.55. The van der Waals surface area contributed by atoms with Crippen LogP contribution in [0.4, 0.5) is 0 Å². The van der Waals surface area contributed by atoms with E-state index in [0.29, 0.717) is 0 Å². The molecule has 0 aromatic rings. The Morgan fingerprint density at radius 1 is 1.10 bits per heavy atom. The van der Waals surface area contributed by atoms with Crippen molar-refractivity contribution in [2.45, 2.75) is 66.2 Å². The smallest absolute Gasteiger partial charge is 0.00432 e. The second-order valence-electron chi connectivity index (χ2n) is 8.96. The lowest BCUT2D eigenvalue weighted by atomic mass is 9.65. The summed E-state index contributed by atoms with van der Waals surface area (Å²) >= 11 is 0. The van der Waals surface area contributed by atoms with Crippen molar-refractivity contribution in [1.82, 2.24) is 0 Å². The molecule has 0 amide bonds. The van der Waals surface area contributed by atoms with Crippen molar-refractivity contribution in [3.63, 3.8) is 0 Å². The maximum absolute atomic E-state index is 6.11. The second kappa shape index (κ2) is 6.22. The van der Waals surface area contributed by atoms with Crippen molar-refractivity contribution in [3.8, 4) is 0 Å². The van der Waals surface area contributed by atoms with Crippen LogP contribution in [0.2, 0.25) is 0 Å². The molecule has 21 heavy (non-hydrogen) atoms. The van der Waals surface area contributed by atoms with Crippen LogP contribution in [0.15, 0.2) is 0 Å². The Hall–Kier alpha value is -0.0400. The molecule has 7 atom stereocenters. The Morgan fingerprint density at radius 2 is 1.81 bits per heavy atom. The Morgan fingerprint density at radius 3 is 2.24 bits per heavy atom. The van der Waals surface area contributed by atoms with Gasteiger partial charge in [0.05, 0.1) is 0 Å². The molecule has 3 rings (SSSR count). The lowest BCUT2D eigenvalue weighted by Gasteiger charge is -2.40. The third kappa shape index (κ3) is 2.92. The van der Waals surface area contributed by atoms with E-state index < -0.39 is 0 Å². The SMILES string of the molecule is CCC(CC1C(CN)C1C(C)C1CCC1C)C1CC(C)C1. The minimum Gasteiger partial charge on any atom is -0.330 e. The van der Waals surface area contributed by atoms with Crippen LogP contribution in [0.3, 0.4) is 0 Å². The average molecular weight is 292 g/mol. The first-order chi connectivity index (χ1) is 10.1. The van der Waals surface area contributed by atoms with Crippen molar-refractivity contribution in [1.29, 1.82) is 0 Å². The van der Waals surface area contributed by atoms with Gasteiger partial charge in [0, 0.05) is 0 Å². The van der Waals surface area contributed by atoms with Gasteiger partial charge in [-0.1, -0.05) is 40.5 Å². The van der Waals surface area contributed by atoms with E-state index in [-0.39, 0.29) is 0 Å². The molecular weight excluding hydrogens is 254 g/mol. The molecule has 0 bridgehead atoms. The Balaban J connectivity index is 1.54. The summed E-state index contributed by atoms with van der Waals surface area (Å²) in [5.41, 5.74) is 6.11. The second-order valence-corrected chi connectivity index (χ2v) is 8.96. The van der Waals surface area contributed by atoms with E-state index in [0.717, 1.165) is 59.8 Å². The number of rotatable bonds is 7. The molecule has 0 aromatic carbocycles. The average Bonchev–Trinajstić information content (AvgIpc) is 3.12. The highest BCUT2D eigenvalue weighted by molar-refractivity contribution is 5.04. The first-order valence-electron chi connectivity index (χ1n) is 9.76. The van der Waals surface area contributed by atoms with Gasteiger partial charge < -0.3 is 5.73 Å². The summed E-state index contributed by atoms with van der Waals surface area (Å²) in [5.74, 6) is 8.77. The number of hydrogen-bond acceptors (Lipinski definition) is 1. The van der Waals surface area contributed by atoms with E-state index >= 15 is 0 Å². The lowest BCUT2D eigenvalue weighted by Crippen LogP contribution is -2.31. The number of nitrogens with two attached hydrogens (primary N) is 1. The van der Waals surface area contributed by atoms with Crippen LogP contribution in [0.25, 0.3) is 0 Å². The fourth-order valence-electron chi connectivity index (χ4n) is 6.07. The first kappa shape index (κ1) is 15.8. The lowest BCUT2D eigenvalue weighted by molar-refractivity contribution is 0.0999. The first-order valence-corrected chi connectivity index (χ1v) is 9.76. The molecule has 3 aliphatic carbocycles. The van der Waals surface area contributed by atoms with Gasteiger partial charge in [-0.2, -0.15) is 0 Å². The van der Waals surface area contributed by atoms with Crippen LogP contribution in [-0.2, 0) is 0 Å². The van der Waals surface area contributed by atoms with E-state index in [9.17, 15) is 0 Å². The minimum atomic E-state index is 0.861. The molecule has 0 aromatic heterocycles. The van der Waals surface area contributed by atoms with Gasteiger partial charge in [0.1, 0.15) is 0 Å². The zero-order valence-electron chi connectivity index (χ0n) is 14.7. The molecule has 0 aliphatic heterocycles. The summed E-state index contributed by atoms with van der Waals surface area (Å²) in [4.78, 5) is 0. The van der Waals surface area contributed by atoms with E-state index in [1.165, 1.54) is 38.5 Å². The maximum atomic E-state index is 6.11. The van der Waals surface area contributed by atoms with Gasteiger partial charge in [-0.15, -0.1) is 0 Å². The predicted molar refractivity (Wildman–Crippen MR) is 90.9 cm³/mol. The third-order valence-electron chi connectivity index (χ3n) is 7.81. The molecule has 0 saturated heterocycles. The summed E-state index contributed by atoms with van der Waals surface area (Å²) < 4.78 is 0. The summed E-state index contributed by atoms with van der Waals surface area (Å²) in [5, 5.41) is 0. The zero-order valence-corrected chi connectivity index (χ0v) is 14.7. The minimum absolute atomic E-state index is 0.861. The summed E-state index contributed by atoms with van der Waals surface area (Å²) in [6.07, 6.45) is 8.84. The van der Waals surface area contributed by atoms with Gasteiger partial charge in [-0.05, 0) is 85.5 Å². The summed E-state index contributed by atoms with van der Waals surface area (Å²) in [6, 6.07) is 0. The fraction of sp³-hybridized carbons (Fsp3) is 1.00. The molecule has 7 unspecified atom stereocenters. The van der Waals surface area contributed by atoms with Crippen LogP contribution in [0.1, 0.15) is 66.2 Å². The fourth-order valence-corrected chi connectivity index (χ4v) is 6.07. The van der Waals surface area contributed by atoms with Gasteiger partial charge in [0.2, 0.25) is 0 Å². The summed E-state index contributed by atoms with van der Waals surface area (Å²) in [6.45, 7) is 10.8. The highest BCUT2D eigenvalue weighted by Crippen LogP contribution is 2.59. The molecule has 122 valence electrons. The van der Waals surface area contributed by atoms with Crippen LogP contribution in [-0.4, -0.2) is 6.54 Å². The zero-order chi connectivity index (χ0) is 15.1. The van der Waals surface area contributed by atoms with Crippen LogP contribution in [0, 0.1) is 53.3 Å². The van der Waals surface area contributed by atoms with Crippen molar-refractivity contribution in [2.75, 3.05) is 6.54 Å². The molecule has 3 fully saturated rings. The van der Waals surface area contributed by atoms with Gasteiger partial charge in [-0.25, -0.2) is 0 Å². The standard InChI is InChI=1S/C20H37N/c1-5-15(16-8-12(2)9-16)10-18-19(11-21)20(18)14(4)17-7-6-13(17)3/h12-20H,5-11,21H2,1-4H3. The normalized spacial score (nSPS) is 48.1. The Kier molecular flexibility index (Phi) is 4.69. The van der Waals surface area contributed by atoms with E-state index in [2.05, 4.69) is 27.7 Å². The summed E-state index contributed by atoms with van der Waals surface area (Å²) in [7, 11) is 0. The third-order valence-corrected chi connectivity index (χ3v) is 7.81. The molecule has 0 heterocycles. The van der Waals surface area contributed by atoms with Crippen molar-refractivity contribution < 1.29 is 0 Å². The molecule has 3 saturated carbocycles. The van der Waals surface area contributed by atoms with Gasteiger partial charge in [0.25, 0.3) is 0 Å². The van der Waals surface area contributed by atoms with Gasteiger partial charge in [0.15, 0.2) is 0 Å². The van der Waals surface area contributed by atoms with E-state index in [4.69, 9.17) is 5.73 Å². The molecular formula is C20H37N. The van der Waals surface area contributed by atoms with Crippen LogP contribution >= 0.6 is 0 Å². The largest absolute Gasteiger partial charge is 0.330 e. The van der Waals surface area contributed by atoms with Crippen molar-refractivity contribution in [2.24, 2.45) is 59.0 Å². The Bertz CT molecular complexity index is 346. The van der Waals surface area contributed by atoms with E-state index in [1.807, 2.05) is 0 Å². The Labute approximate surface area is 132 Å². The topological polar surface area (TPSA) is 26.0 Å². The highest BCUT2D eigenvalue weighted by atomic mass is 14.7. The predicted octanol–water partition coefficient (Wildman–Crippen LogP) is 4.95. The maximum Gasteiger partial charge on any atom is -0.00432 e. The van der Waals surface area contributed by atoms with Crippen LogP contribution < -0.4 is 5.73 Å². The van der Waals surface area contributed by atoms with E-state index in [1.54, 1.807) is 0 Å². The molecule has 2 N–H and O–H groups in total. The molecule has 0 radical (unpaired) electrons. The monoisotopic (exact) mass is 291 g/mol.